The van der Waals surface area contributed by atoms with Crippen LogP contribution in [0.1, 0.15) is 27.1 Å². The third-order valence-electron chi connectivity index (χ3n) is 4.66. The van der Waals surface area contributed by atoms with E-state index in [-0.39, 0.29) is 19.1 Å². The van der Waals surface area contributed by atoms with Crippen LogP contribution >= 0.6 is 11.3 Å². The van der Waals surface area contributed by atoms with Crippen LogP contribution in [0.4, 0.5) is 5.69 Å². The van der Waals surface area contributed by atoms with Gasteiger partial charge in [-0.2, -0.15) is 0 Å². The monoisotopic (exact) mass is 412 g/mol. The lowest BCUT2D eigenvalue weighted by Gasteiger charge is -2.13. The first-order chi connectivity index (χ1) is 13.8. The van der Waals surface area contributed by atoms with Crippen LogP contribution in [0.15, 0.2) is 18.5 Å². The lowest BCUT2D eigenvalue weighted by molar-refractivity contribution is -0.125. The predicted octanol–water partition coefficient (Wildman–Crippen LogP) is 3.37. The second-order valence-corrected chi connectivity index (χ2v) is 8.23. The maximum absolute atomic E-state index is 12.2. The minimum absolute atomic E-state index is 0.134. The Kier molecular flexibility index (Phi) is 6.12. The highest BCUT2D eigenvalue weighted by Gasteiger charge is 2.15. The van der Waals surface area contributed by atoms with Gasteiger partial charge in [-0.25, -0.2) is 9.97 Å². The largest absolute Gasteiger partial charge is 0.467 e. The van der Waals surface area contributed by atoms with Crippen molar-refractivity contribution in [2.45, 2.75) is 34.6 Å². The van der Waals surface area contributed by atoms with Gasteiger partial charge < -0.3 is 15.4 Å². The summed E-state index contributed by atoms with van der Waals surface area (Å²) in [6.07, 6.45) is 1.42. The van der Waals surface area contributed by atoms with E-state index in [0.29, 0.717) is 5.88 Å². The molecule has 2 heterocycles. The van der Waals surface area contributed by atoms with Gasteiger partial charge in [-0.1, -0.05) is 17.7 Å². The number of fused-ring (bicyclic) bond motifs is 1. The fourth-order valence-corrected chi connectivity index (χ4v) is 4.17. The molecule has 2 amide bonds. The highest BCUT2D eigenvalue weighted by atomic mass is 32.1. The lowest BCUT2D eigenvalue weighted by Crippen LogP contribution is -2.36. The molecule has 0 fully saturated rings. The summed E-state index contributed by atoms with van der Waals surface area (Å²) in [5.41, 5.74) is 4.93. The number of benzene rings is 1. The number of amides is 2. The van der Waals surface area contributed by atoms with E-state index in [0.717, 1.165) is 43.0 Å². The molecular formula is C21H24N4O3S. The zero-order valence-corrected chi connectivity index (χ0v) is 18.0. The summed E-state index contributed by atoms with van der Waals surface area (Å²) in [6, 6.07) is 4.01. The molecule has 0 spiro atoms. The van der Waals surface area contributed by atoms with Crippen molar-refractivity contribution in [3.05, 3.63) is 45.6 Å². The summed E-state index contributed by atoms with van der Waals surface area (Å²) in [4.78, 5) is 34.7. The Balaban J connectivity index is 1.55. The van der Waals surface area contributed by atoms with Gasteiger partial charge in [0.25, 0.3) is 5.91 Å². The number of hydrogen-bond donors (Lipinski definition) is 2. The number of hydrogen-bond acceptors (Lipinski definition) is 6. The third-order valence-corrected chi connectivity index (χ3v) is 5.77. The van der Waals surface area contributed by atoms with Gasteiger partial charge in [-0.3, -0.25) is 9.59 Å². The molecule has 0 atom stereocenters. The van der Waals surface area contributed by atoms with Crippen LogP contribution in [0, 0.1) is 34.6 Å². The first-order valence-electron chi connectivity index (χ1n) is 9.24. The first-order valence-corrected chi connectivity index (χ1v) is 10.1. The normalized spacial score (nSPS) is 10.8. The molecule has 2 aromatic heterocycles. The number of nitrogens with one attached hydrogen (secondary N) is 2. The van der Waals surface area contributed by atoms with Gasteiger partial charge in [0.05, 0.1) is 11.9 Å². The zero-order valence-electron chi connectivity index (χ0n) is 17.2. The SMILES string of the molecule is Cc1cc(C)c(NC(=O)CNC(=O)COc2ncnc3sc(C)c(C)c23)c(C)c1. The van der Waals surface area contributed by atoms with E-state index in [2.05, 4.69) is 20.6 Å². The number of rotatable bonds is 6. The van der Waals surface area contributed by atoms with Crippen LogP contribution < -0.4 is 15.4 Å². The standard InChI is InChI=1S/C21H24N4O3S/c1-11-6-12(2)19(13(3)7-11)25-16(26)8-22-17(27)9-28-20-18-14(4)15(5)29-21(18)24-10-23-20/h6-7,10H,8-9H2,1-5H3,(H,22,27)(H,25,26). The van der Waals surface area contributed by atoms with E-state index in [1.54, 1.807) is 11.3 Å². The number of aromatic nitrogens is 2. The lowest BCUT2D eigenvalue weighted by atomic mass is 10.1. The van der Waals surface area contributed by atoms with Crippen molar-refractivity contribution in [2.75, 3.05) is 18.5 Å². The molecule has 3 aromatic rings. The third kappa shape index (κ3) is 4.71. The second kappa shape index (κ2) is 8.57. The van der Waals surface area contributed by atoms with E-state index in [9.17, 15) is 9.59 Å². The second-order valence-electron chi connectivity index (χ2n) is 7.03. The molecule has 0 radical (unpaired) electrons. The molecule has 0 bridgehead atoms. The number of carbonyl (C=O) groups is 2. The summed E-state index contributed by atoms with van der Waals surface area (Å²) >= 11 is 1.56. The quantitative estimate of drug-likeness (QED) is 0.647. The van der Waals surface area contributed by atoms with Gasteiger partial charge in [0.1, 0.15) is 11.2 Å². The summed E-state index contributed by atoms with van der Waals surface area (Å²) in [6.45, 7) is 9.52. The van der Waals surface area contributed by atoms with E-state index in [4.69, 9.17) is 4.74 Å². The molecule has 0 saturated carbocycles. The van der Waals surface area contributed by atoms with Crippen molar-refractivity contribution >= 4 is 39.1 Å². The van der Waals surface area contributed by atoms with Crippen molar-refractivity contribution in [3.63, 3.8) is 0 Å². The Morgan fingerprint density at radius 2 is 1.72 bits per heavy atom. The van der Waals surface area contributed by atoms with Crippen molar-refractivity contribution in [2.24, 2.45) is 0 Å². The number of carbonyl (C=O) groups excluding carboxylic acids is 2. The Labute approximate surface area is 173 Å². The molecule has 29 heavy (non-hydrogen) atoms. The molecule has 7 nitrogen and oxygen atoms in total. The molecule has 0 aliphatic rings. The highest BCUT2D eigenvalue weighted by molar-refractivity contribution is 7.18. The first kappa shape index (κ1) is 20.7. The average molecular weight is 413 g/mol. The molecule has 0 aliphatic heterocycles. The molecule has 8 heteroatoms. The van der Waals surface area contributed by atoms with Crippen LogP contribution in [0.5, 0.6) is 5.88 Å². The van der Waals surface area contributed by atoms with Crippen LogP contribution in [0.25, 0.3) is 10.2 Å². The van der Waals surface area contributed by atoms with Crippen molar-refractivity contribution in [1.29, 1.82) is 0 Å². The topological polar surface area (TPSA) is 93.2 Å². The van der Waals surface area contributed by atoms with Crippen LogP contribution in [0.3, 0.4) is 0 Å². The zero-order chi connectivity index (χ0) is 21.1. The molecule has 0 unspecified atom stereocenters. The van der Waals surface area contributed by atoms with E-state index in [1.807, 2.05) is 46.8 Å². The number of ether oxygens (including phenoxy) is 1. The Morgan fingerprint density at radius 1 is 1.03 bits per heavy atom. The maximum Gasteiger partial charge on any atom is 0.258 e. The average Bonchev–Trinajstić information content (AvgIpc) is 2.96. The summed E-state index contributed by atoms with van der Waals surface area (Å²) in [5.74, 6) is -0.307. The van der Waals surface area contributed by atoms with Gasteiger partial charge in [-0.05, 0) is 51.3 Å². The fourth-order valence-electron chi connectivity index (χ4n) is 3.18. The predicted molar refractivity (Wildman–Crippen MR) is 115 cm³/mol. The maximum atomic E-state index is 12.2. The number of anilines is 1. The van der Waals surface area contributed by atoms with Crippen molar-refractivity contribution < 1.29 is 14.3 Å². The Bertz CT molecular complexity index is 1070. The number of thiophene rings is 1. The van der Waals surface area contributed by atoms with Gasteiger partial charge in [0.2, 0.25) is 11.8 Å². The van der Waals surface area contributed by atoms with E-state index in [1.165, 1.54) is 6.33 Å². The molecule has 1 aromatic carbocycles. The number of nitrogens with zero attached hydrogens (tertiary/aromatic N) is 2. The van der Waals surface area contributed by atoms with Gasteiger partial charge in [0.15, 0.2) is 6.61 Å². The van der Waals surface area contributed by atoms with Gasteiger partial charge >= 0.3 is 0 Å². The van der Waals surface area contributed by atoms with E-state index < -0.39 is 5.91 Å². The molecule has 0 aliphatic carbocycles. The van der Waals surface area contributed by atoms with Crippen molar-refractivity contribution in [1.82, 2.24) is 15.3 Å². The minimum atomic E-state index is -0.395. The number of aryl methyl sites for hydroxylation is 5. The van der Waals surface area contributed by atoms with Crippen LogP contribution in [-0.2, 0) is 9.59 Å². The molecular weight excluding hydrogens is 388 g/mol. The molecule has 2 N–H and O–H groups in total. The van der Waals surface area contributed by atoms with Crippen molar-refractivity contribution in [3.8, 4) is 5.88 Å². The molecule has 0 saturated heterocycles. The van der Waals surface area contributed by atoms with Crippen LogP contribution in [-0.4, -0.2) is 34.9 Å². The van der Waals surface area contributed by atoms with E-state index >= 15 is 0 Å². The smallest absolute Gasteiger partial charge is 0.258 e. The molecule has 3 rings (SSSR count). The summed E-state index contributed by atoms with van der Waals surface area (Å²) < 4.78 is 5.59. The Morgan fingerprint density at radius 3 is 2.41 bits per heavy atom. The fraction of sp³-hybridized carbons (Fsp3) is 0.333. The van der Waals surface area contributed by atoms with Gasteiger partial charge in [-0.15, -0.1) is 11.3 Å². The minimum Gasteiger partial charge on any atom is -0.467 e. The summed E-state index contributed by atoms with van der Waals surface area (Å²) in [7, 11) is 0. The Hall–Kier alpha value is -3.00. The van der Waals surface area contributed by atoms with Crippen LogP contribution in [0.2, 0.25) is 0 Å². The molecule has 152 valence electrons. The van der Waals surface area contributed by atoms with Gasteiger partial charge in [0, 0.05) is 10.6 Å². The highest BCUT2D eigenvalue weighted by Crippen LogP contribution is 2.33. The summed E-state index contributed by atoms with van der Waals surface area (Å²) in [5, 5.41) is 6.25.